The molecule has 1 aliphatic rings. The van der Waals surface area contributed by atoms with E-state index in [1.54, 1.807) is 6.07 Å². The molecule has 0 aromatic carbocycles. The van der Waals surface area contributed by atoms with Gasteiger partial charge in [0, 0.05) is 6.07 Å². The fraction of sp³-hybridized carbons (Fsp3) is 0.500. The van der Waals surface area contributed by atoms with E-state index in [9.17, 15) is 14.4 Å². The molecule has 2 aromatic rings. The van der Waals surface area contributed by atoms with E-state index in [-0.39, 0.29) is 24.9 Å². The summed E-state index contributed by atoms with van der Waals surface area (Å²) in [7, 11) is 1.31. The van der Waals surface area contributed by atoms with Gasteiger partial charge in [0.25, 0.3) is 11.8 Å². The van der Waals surface area contributed by atoms with E-state index in [0.29, 0.717) is 20.9 Å². The number of nitrogens with zero attached hydrogens (tertiary/aromatic N) is 2. The van der Waals surface area contributed by atoms with Crippen molar-refractivity contribution in [1.29, 1.82) is 0 Å². The van der Waals surface area contributed by atoms with Crippen LogP contribution in [0.15, 0.2) is 22.2 Å². The van der Waals surface area contributed by atoms with E-state index in [1.807, 2.05) is 12.3 Å². The van der Waals surface area contributed by atoms with Crippen LogP contribution in [0.1, 0.15) is 40.9 Å². The van der Waals surface area contributed by atoms with Crippen LogP contribution in [-0.4, -0.2) is 60.7 Å². The van der Waals surface area contributed by atoms with E-state index in [1.165, 1.54) is 24.7 Å². The lowest BCUT2D eigenvalue weighted by Crippen LogP contribution is -2.56. The number of hydrogen-bond donors (Lipinski definition) is 2. The molecule has 0 spiro atoms. The summed E-state index contributed by atoms with van der Waals surface area (Å²) >= 11 is 1.24. The SMILES string of the molecule is COC(=O)c1scc(C)c1NC(=O)C[N+]1(CC(=O)Nc2ccon2)CCCCCC1. The summed E-state index contributed by atoms with van der Waals surface area (Å²) < 4.78 is 9.93. The van der Waals surface area contributed by atoms with E-state index in [0.717, 1.165) is 44.3 Å². The highest BCUT2D eigenvalue weighted by Gasteiger charge is 2.34. The molecule has 1 aliphatic heterocycles. The summed E-state index contributed by atoms with van der Waals surface area (Å²) in [5.74, 6) is -0.554. The van der Waals surface area contributed by atoms with Crippen LogP contribution in [0.3, 0.4) is 0 Å². The zero-order chi connectivity index (χ0) is 21.6. The second-order valence-electron chi connectivity index (χ2n) is 7.61. The third-order valence-corrected chi connectivity index (χ3v) is 6.37. The van der Waals surface area contributed by atoms with Crippen molar-refractivity contribution >= 4 is 40.6 Å². The number of carbonyl (C=O) groups excluding carboxylic acids is 3. The van der Waals surface area contributed by atoms with E-state index >= 15 is 0 Å². The molecule has 2 N–H and O–H groups in total. The van der Waals surface area contributed by atoms with Crippen LogP contribution in [-0.2, 0) is 14.3 Å². The Kier molecular flexibility index (Phi) is 7.22. The lowest BCUT2D eigenvalue weighted by atomic mass is 10.2. The van der Waals surface area contributed by atoms with E-state index in [2.05, 4.69) is 15.8 Å². The third kappa shape index (κ3) is 5.45. The van der Waals surface area contributed by atoms with Crippen LogP contribution >= 0.6 is 11.3 Å². The average Bonchev–Trinajstić information content (AvgIpc) is 3.27. The molecule has 162 valence electrons. The quantitative estimate of drug-likeness (QED) is 0.511. The van der Waals surface area contributed by atoms with Gasteiger partial charge in [-0.1, -0.05) is 5.16 Å². The second kappa shape index (κ2) is 9.86. The number of esters is 1. The van der Waals surface area contributed by atoms with Crippen LogP contribution in [0.2, 0.25) is 0 Å². The van der Waals surface area contributed by atoms with Crippen molar-refractivity contribution < 1.29 is 28.1 Å². The van der Waals surface area contributed by atoms with Crippen molar-refractivity contribution in [2.75, 3.05) is 43.9 Å². The van der Waals surface area contributed by atoms with Crippen LogP contribution in [0.25, 0.3) is 0 Å². The molecule has 2 amide bonds. The number of amides is 2. The van der Waals surface area contributed by atoms with Gasteiger partial charge in [-0.15, -0.1) is 11.3 Å². The Morgan fingerprint density at radius 2 is 1.80 bits per heavy atom. The lowest BCUT2D eigenvalue weighted by molar-refractivity contribution is -0.912. The maximum atomic E-state index is 13.0. The Labute approximate surface area is 179 Å². The van der Waals surface area contributed by atoms with Crippen LogP contribution < -0.4 is 10.6 Å². The second-order valence-corrected chi connectivity index (χ2v) is 8.49. The molecule has 0 bridgehead atoms. The normalized spacial score (nSPS) is 15.8. The fourth-order valence-electron chi connectivity index (χ4n) is 3.82. The van der Waals surface area contributed by atoms with Gasteiger partial charge in [0.2, 0.25) is 0 Å². The van der Waals surface area contributed by atoms with Crippen molar-refractivity contribution in [3.63, 3.8) is 0 Å². The molecule has 2 aromatic heterocycles. The number of hydrogen-bond acceptors (Lipinski definition) is 7. The third-order valence-electron chi connectivity index (χ3n) is 5.29. The Morgan fingerprint density at radius 3 is 2.40 bits per heavy atom. The minimum atomic E-state index is -0.478. The molecule has 10 heteroatoms. The molecule has 3 rings (SSSR count). The number of methoxy groups -OCH3 is 1. The maximum absolute atomic E-state index is 13.0. The van der Waals surface area contributed by atoms with Crippen LogP contribution in [0, 0.1) is 6.92 Å². The molecule has 0 radical (unpaired) electrons. The largest absolute Gasteiger partial charge is 0.465 e. The van der Waals surface area contributed by atoms with Gasteiger partial charge in [0.05, 0.1) is 25.9 Å². The van der Waals surface area contributed by atoms with Crippen molar-refractivity contribution in [3.8, 4) is 0 Å². The Morgan fingerprint density at radius 1 is 1.13 bits per heavy atom. The summed E-state index contributed by atoms with van der Waals surface area (Å²) in [6, 6.07) is 1.57. The first-order valence-corrected chi connectivity index (χ1v) is 10.8. The number of rotatable bonds is 7. The van der Waals surface area contributed by atoms with Crippen molar-refractivity contribution in [2.24, 2.45) is 0 Å². The minimum absolute atomic E-state index is 0.155. The first kappa shape index (κ1) is 22.0. The molecule has 9 nitrogen and oxygen atoms in total. The molecule has 0 saturated carbocycles. The summed E-state index contributed by atoms with van der Waals surface area (Å²) in [4.78, 5) is 38.0. The van der Waals surface area contributed by atoms with Gasteiger partial charge in [0.1, 0.15) is 11.1 Å². The Hall–Kier alpha value is -2.72. The van der Waals surface area contributed by atoms with E-state index in [4.69, 9.17) is 9.26 Å². The molecule has 0 aliphatic carbocycles. The highest BCUT2D eigenvalue weighted by atomic mass is 32.1. The van der Waals surface area contributed by atoms with Gasteiger partial charge >= 0.3 is 5.97 Å². The zero-order valence-corrected chi connectivity index (χ0v) is 18.0. The predicted octanol–water partition coefficient (Wildman–Crippen LogP) is 2.80. The number of aryl methyl sites for hydroxylation is 1. The van der Waals surface area contributed by atoms with Crippen LogP contribution in [0.4, 0.5) is 11.5 Å². The van der Waals surface area contributed by atoms with Gasteiger partial charge in [0.15, 0.2) is 18.9 Å². The van der Waals surface area contributed by atoms with Crippen LogP contribution in [0.5, 0.6) is 0 Å². The standard InChI is InChI=1S/C20H26N4O5S/c1-14-13-30-19(20(27)28-2)18(14)22-17(26)12-24(8-5-3-4-6-9-24)11-16(25)21-15-7-10-29-23-15/h7,10,13H,3-6,8-9,11-12H2,1-2H3,(H-,21,22,23,25,26,27)/p+1. The minimum Gasteiger partial charge on any atom is -0.465 e. The molecule has 0 unspecified atom stereocenters. The summed E-state index contributed by atoms with van der Waals surface area (Å²) in [6.07, 6.45) is 5.47. The maximum Gasteiger partial charge on any atom is 0.350 e. The number of thiophene rings is 1. The molecule has 3 heterocycles. The number of nitrogens with one attached hydrogen (secondary N) is 2. The van der Waals surface area contributed by atoms with Crippen molar-refractivity contribution in [2.45, 2.75) is 32.6 Å². The van der Waals surface area contributed by atoms with Gasteiger partial charge in [-0.3, -0.25) is 9.59 Å². The average molecular weight is 436 g/mol. The molecule has 1 saturated heterocycles. The fourth-order valence-corrected chi connectivity index (χ4v) is 4.74. The van der Waals surface area contributed by atoms with E-state index < -0.39 is 5.97 Å². The smallest absolute Gasteiger partial charge is 0.350 e. The Balaban J connectivity index is 1.73. The summed E-state index contributed by atoms with van der Waals surface area (Å²) in [6.45, 7) is 3.65. The molecular formula is C20H27N4O5S+. The topological polar surface area (TPSA) is 111 Å². The Bertz CT molecular complexity index is 885. The lowest BCUT2D eigenvalue weighted by Gasteiger charge is -2.36. The van der Waals surface area contributed by atoms with Crippen molar-refractivity contribution in [1.82, 2.24) is 5.16 Å². The monoisotopic (exact) mass is 435 g/mol. The molecule has 1 fully saturated rings. The molecule has 0 atom stereocenters. The van der Waals surface area contributed by atoms with Crippen molar-refractivity contribution in [3.05, 3.63) is 28.2 Å². The predicted molar refractivity (Wildman–Crippen MR) is 112 cm³/mol. The molecule has 30 heavy (non-hydrogen) atoms. The highest BCUT2D eigenvalue weighted by Crippen LogP contribution is 2.29. The summed E-state index contributed by atoms with van der Waals surface area (Å²) in [5.41, 5.74) is 1.29. The van der Waals surface area contributed by atoms with Gasteiger partial charge in [-0.05, 0) is 43.6 Å². The first-order valence-electron chi connectivity index (χ1n) is 9.94. The number of carbonyl (C=O) groups is 3. The summed E-state index contributed by atoms with van der Waals surface area (Å²) in [5, 5.41) is 11.1. The zero-order valence-electron chi connectivity index (χ0n) is 17.2. The number of likely N-dealkylation sites (tertiary alicyclic amines) is 1. The van der Waals surface area contributed by atoms with Gasteiger partial charge in [-0.2, -0.15) is 0 Å². The first-order chi connectivity index (χ1) is 14.4. The number of ether oxygens (including phenoxy) is 1. The molecular weight excluding hydrogens is 408 g/mol. The number of aromatic nitrogens is 1. The number of quaternary nitrogens is 1. The van der Waals surface area contributed by atoms with Gasteiger partial charge in [-0.25, -0.2) is 4.79 Å². The van der Waals surface area contributed by atoms with Gasteiger partial charge < -0.3 is 24.4 Å². The number of anilines is 2. The highest BCUT2D eigenvalue weighted by molar-refractivity contribution is 7.12.